The van der Waals surface area contributed by atoms with Crippen molar-refractivity contribution in [3.8, 4) is 0 Å². The number of nitrogens with two attached hydrogens (primary N) is 1. The van der Waals surface area contributed by atoms with Crippen molar-refractivity contribution in [1.82, 2.24) is 9.97 Å². The van der Waals surface area contributed by atoms with Gasteiger partial charge in [-0.3, -0.25) is 0 Å². The summed E-state index contributed by atoms with van der Waals surface area (Å²) in [6.45, 7) is 4.09. The molecule has 2 rings (SSSR count). The summed E-state index contributed by atoms with van der Waals surface area (Å²) < 4.78 is 0. The highest BCUT2D eigenvalue weighted by atomic mass is 15.2. The first-order chi connectivity index (χ1) is 8.69. The lowest BCUT2D eigenvalue weighted by Crippen LogP contribution is -2.30. The van der Waals surface area contributed by atoms with E-state index < -0.39 is 0 Å². The van der Waals surface area contributed by atoms with Gasteiger partial charge in [0.25, 0.3) is 0 Å². The number of aromatic nitrogens is 2. The lowest BCUT2D eigenvalue weighted by molar-refractivity contribution is 0.321. The molecule has 5 heteroatoms. The van der Waals surface area contributed by atoms with Crippen LogP contribution < -0.4 is 16.0 Å². The quantitative estimate of drug-likeness (QED) is 0.808. The van der Waals surface area contributed by atoms with Crippen LogP contribution in [-0.4, -0.2) is 30.1 Å². The zero-order valence-corrected chi connectivity index (χ0v) is 11.3. The summed E-state index contributed by atoms with van der Waals surface area (Å²) in [5.41, 5.74) is 5.76. The third-order valence-electron chi connectivity index (χ3n) is 3.43. The van der Waals surface area contributed by atoms with Crippen LogP contribution in [-0.2, 0) is 0 Å². The Kier molecular flexibility index (Phi) is 4.23. The molecule has 0 bridgehead atoms. The molecule has 0 amide bonds. The minimum Gasteiger partial charge on any atom is -0.370 e. The number of hydrogen-bond donors (Lipinski definition) is 2. The molecule has 18 heavy (non-hydrogen) atoms. The molecule has 0 aromatic carbocycles. The fraction of sp³-hybridized carbons (Fsp3) is 0.692. The maximum atomic E-state index is 5.76. The van der Waals surface area contributed by atoms with Crippen molar-refractivity contribution in [2.75, 3.05) is 36.1 Å². The van der Waals surface area contributed by atoms with Crippen molar-refractivity contribution in [2.24, 2.45) is 5.92 Å². The number of nitrogen functional groups attached to an aromatic ring is 1. The number of nitrogens with zero attached hydrogens (tertiary/aromatic N) is 3. The first-order valence-corrected chi connectivity index (χ1v) is 6.78. The number of anilines is 3. The smallest absolute Gasteiger partial charge is 0.223 e. The molecule has 1 aromatic rings. The van der Waals surface area contributed by atoms with E-state index in [1.807, 2.05) is 6.07 Å². The van der Waals surface area contributed by atoms with Gasteiger partial charge in [0.05, 0.1) is 0 Å². The fourth-order valence-corrected chi connectivity index (χ4v) is 2.15. The molecule has 3 N–H and O–H groups in total. The van der Waals surface area contributed by atoms with Gasteiger partial charge in [0.15, 0.2) is 0 Å². The summed E-state index contributed by atoms with van der Waals surface area (Å²) in [4.78, 5) is 10.7. The first kappa shape index (κ1) is 12.9. The van der Waals surface area contributed by atoms with Gasteiger partial charge in [-0.2, -0.15) is 9.97 Å². The summed E-state index contributed by atoms with van der Waals surface area (Å²) >= 11 is 0. The van der Waals surface area contributed by atoms with E-state index >= 15 is 0 Å². The molecular formula is C13H23N5. The van der Waals surface area contributed by atoms with E-state index in [1.165, 1.54) is 19.3 Å². The minimum atomic E-state index is 0.339. The van der Waals surface area contributed by atoms with E-state index in [4.69, 9.17) is 5.73 Å². The van der Waals surface area contributed by atoms with E-state index in [2.05, 4.69) is 34.2 Å². The zero-order chi connectivity index (χ0) is 13.0. The summed E-state index contributed by atoms with van der Waals surface area (Å²) in [5.74, 6) is 2.89. The fourth-order valence-electron chi connectivity index (χ4n) is 2.15. The van der Waals surface area contributed by atoms with Crippen molar-refractivity contribution in [3.05, 3.63) is 6.07 Å². The molecular weight excluding hydrogens is 226 g/mol. The second-order valence-electron chi connectivity index (χ2n) is 5.07. The van der Waals surface area contributed by atoms with Crippen LogP contribution in [0, 0.1) is 5.92 Å². The van der Waals surface area contributed by atoms with Crippen molar-refractivity contribution in [1.29, 1.82) is 0 Å². The van der Waals surface area contributed by atoms with Crippen molar-refractivity contribution in [2.45, 2.75) is 32.6 Å². The van der Waals surface area contributed by atoms with Crippen molar-refractivity contribution in [3.63, 3.8) is 0 Å². The van der Waals surface area contributed by atoms with Crippen LogP contribution >= 0.6 is 0 Å². The zero-order valence-electron chi connectivity index (χ0n) is 11.3. The molecule has 0 atom stereocenters. The van der Waals surface area contributed by atoms with E-state index in [-0.39, 0.29) is 0 Å². The Bertz CT molecular complexity index is 389. The average molecular weight is 249 g/mol. The van der Waals surface area contributed by atoms with Crippen molar-refractivity contribution >= 4 is 17.6 Å². The lowest BCUT2D eigenvalue weighted by Gasteiger charge is -2.30. The first-order valence-electron chi connectivity index (χ1n) is 6.78. The summed E-state index contributed by atoms with van der Waals surface area (Å²) in [6, 6.07) is 1.98. The van der Waals surface area contributed by atoms with Gasteiger partial charge in [0, 0.05) is 26.2 Å². The molecule has 1 fully saturated rings. The average Bonchev–Trinajstić information content (AvgIpc) is 2.30. The van der Waals surface area contributed by atoms with Crippen LogP contribution in [0.25, 0.3) is 0 Å². The molecule has 1 heterocycles. The third-order valence-corrected chi connectivity index (χ3v) is 3.43. The van der Waals surface area contributed by atoms with Crippen LogP contribution in [0.3, 0.4) is 0 Å². The lowest BCUT2D eigenvalue weighted by atomic mass is 9.85. The van der Waals surface area contributed by atoms with E-state index in [9.17, 15) is 0 Å². The molecule has 1 saturated carbocycles. The Morgan fingerprint density at radius 3 is 2.83 bits per heavy atom. The molecule has 0 unspecified atom stereocenters. The van der Waals surface area contributed by atoms with E-state index in [0.29, 0.717) is 5.95 Å². The second kappa shape index (κ2) is 5.89. The standard InChI is InChI=1S/C13H23N5/c1-3-7-15-11-8-12(17-13(14)16-11)18(2)9-10-5-4-6-10/h8,10H,3-7,9H2,1-2H3,(H3,14,15,16,17). The van der Waals surface area contributed by atoms with Gasteiger partial charge in [-0.25, -0.2) is 0 Å². The monoisotopic (exact) mass is 249 g/mol. The predicted molar refractivity (Wildman–Crippen MR) is 75.8 cm³/mol. The Hall–Kier alpha value is -1.52. The molecule has 1 aliphatic rings. The van der Waals surface area contributed by atoms with Gasteiger partial charge in [-0.1, -0.05) is 13.3 Å². The Morgan fingerprint density at radius 2 is 2.22 bits per heavy atom. The summed E-state index contributed by atoms with van der Waals surface area (Å²) in [7, 11) is 2.07. The Labute approximate surface area is 109 Å². The number of hydrogen-bond acceptors (Lipinski definition) is 5. The molecule has 1 aromatic heterocycles. The van der Waals surface area contributed by atoms with E-state index in [0.717, 1.165) is 37.1 Å². The SMILES string of the molecule is CCCNc1cc(N(C)CC2CCC2)nc(N)n1. The van der Waals surface area contributed by atoms with Crippen molar-refractivity contribution < 1.29 is 0 Å². The van der Waals surface area contributed by atoms with Gasteiger partial charge >= 0.3 is 0 Å². The van der Waals surface area contributed by atoms with Crippen LogP contribution in [0.1, 0.15) is 32.6 Å². The minimum absolute atomic E-state index is 0.339. The van der Waals surface area contributed by atoms with Gasteiger partial charge in [0.1, 0.15) is 11.6 Å². The van der Waals surface area contributed by atoms with Gasteiger partial charge in [-0.15, -0.1) is 0 Å². The van der Waals surface area contributed by atoms with Crippen LogP contribution in [0.5, 0.6) is 0 Å². The molecule has 5 nitrogen and oxygen atoms in total. The molecule has 100 valence electrons. The highest BCUT2D eigenvalue weighted by Gasteiger charge is 2.20. The maximum Gasteiger partial charge on any atom is 0.223 e. The topological polar surface area (TPSA) is 67.1 Å². The highest BCUT2D eigenvalue weighted by Crippen LogP contribution is 2.28. The normalized spacial score (nSPS) is 15.2. The number of nitrogens with one attached hydrogen (secondary N) is 1. The summed E-state index contributed by atoms with van der Waals surface area (Å²) in [6.07, 6.45) is 5.11. The van der Waals surface area contributed by atoms with Gasteiger partial charge in [-0.05, 0) is 25.2 Å². The molecule has 0 saturated heterocycles. The maximum absolute atomic E-state index is 5.76. The van der Waals surface area contributed by atoms with Gasteiger partial charge in [0.2, 0.25) is 5.95 Å². The third kappa shape index (κ3) is 3.24. The van der Waals surface area contributed by atoms with Gasteiger partial charge < -0.3 is 16.0 Å². The number of rotatable bonds is 6. The Balaban J connectivity index is 2.03. The van der Waals surface area contributed by atoms with Crippen LogP contribution in [0.4, 0.5) is 17.6 Å². The van der Waals surface area contributed by atoms with Crippen LogP contribution in [0.2, 0.25) is 0 Å². The second-order valence-corrected chi connectivity index (χ2v) is 5.07. The molecule has 0 aliphatic heterocycles. The molecule has 1 aliphatic carbocycles. The van der Waals surface area contributed by atoms with Crippen LogP contribution in [0.15, 0.2) is 6.07 Å². The molecule has 0 radical (unpaired) electrons. The predicted octanol–water partition coefficient (Wildman–Crippen LogP) is 2.12. The Morgan fingerprint density at radius 1 is 1.44 bits per heavy atom. The summed E-state index contributed by atoms with van der Waals surface area (Å²) in [5, 5.41) is 3.25. The molecule has 0 spiro atoms. The van der Waals surface area contributed by atoms with E-state index in [1.54, 1.807) is 0 Å². The highest BCUT2D eigenvalue weighted by molar-refractivity contribution is 5.52. The largest absolute Gasteiger partial charge is 0.370 e.